The SMILES string of the molecule is CCCCN1C(=O)S[C@@H](Cc2cc(Br)c(OC)cc2OC)C1=O. The second-order valence-corrected chi connectivity index (χ2v) is 7.23. The lowest BCUT2D eigenvalue weighted by Crippen LogP contribution is -2.33. The van der Waals surface area contributed by atoms with Gasteiger partial charge < -0.3 is 9.47 Å². The van der Waals surface area contributed by atoms with Crippen LogP contribution in [0.5, 0.6) is 11.5 Å². The minimum Gasteiger partial charge on any atom is -0.496 e. The number of rotatable bonds is 7. The van der Waals surface area contributed by atoms with E-state index in [2.05, 4.69) is 15.9 Å². The highest BCUT2D eigenvalue weighted by Crippen LogP contribution is 2.37. The molecule has 0 aromatic heterocycles. The quantitative estimate of drug-likeness (QED) is 0.693. The fourth-order valence-corrected chi connectivity index (χ4v) is 4.02. The Labute approximate surface area is 148 Å². The first kappa shape index (κ1) is 18.1. The first-order valence-corrected chi connectivity index (χ1v) is 9.11. The Balaban J connectivity index is 2.18. The monoisotopic (exact) mass is 401 g/mol. The van der Waals surface area contributed by atoms with Crippen LogP contribution in [0.1, 0.15) is 25.3 Å². The molecule has 0 aliphatic carbocycles. The number of hydrogen-bond donors (Lipinski definition) is 0. The fourth-order valence-electron chi connectivity index (χ4n) is 2.43. The molecule has 0 unspecified atom stereocenters. The van der Waals surface area contributed by atoms with E-state index in [1.54, 1.807) is 20.3 Å². The molecular weight excluding hydrogens is 382 g/mol. The van der Waals surface area contributed by atoms with E-state index in [0.29, 0.717) is 24.5 Å². The number of carbonyl (C=O) groups is 2. The number of ether oxygens (including phenoxy) is 2. The molecule has 0 spiro atoms. The van der Waals surface area contributed by atoms with Crippen LogP contribution in [0.3, 0.4) is 0 Å². The molecule has 1 aliphatic rings. The Morgan fingerprint density at radius 3 is 2.52 bits per heavy atom. The van der Waals surface area contributed by atoms with Gasteiger partial charge in [0, 0.05) is 12.6 Å². The van der Waals surface area contributed by atoms with Gasteiger partial charge >= 0.3 is 0 Å². The molecule has 0 saturated carbocycles. The van der Waals surface area contributed by atoms with Gasteiger partial charge in [-0.25, -0.2) is 0 Å². The van der Waals surface area contributed by atoms with Crippen molar-refractivity contribution in [1.29, 1.82) is 0 Å². The highest BCUT2D eigenvalue weighted by atomic mass is 79.9. The predicted octanol–water partition coefficient (Wildman–Crippen LogP) is 3.87. The molecule has 1 fully saturated rings. The Kier molecular flexibility index (Phi) is 6.35. The molecule has 1 aliphatic heterocycles. The number of halogens is 1. The van der Waals surface area contributed by atoms with E-state index in [1.807, 2.05) is 13.0 Å². The summed E-state index contributed by atoms with van der Waals surface area (Å²) in [6.07, 6.45) is 2.23. The van der Waals surface area contributed by atoms with Gasteiger partial charge in [0.2, 0.25) is 5.91 Å². The van der Waals surface area contributed by atoms with Gasteiger partial charge in [-0.1, -0.05) is 25.1 Å². The van der Waals surface area contributed by atoms with E-state index < -0.39 is 5.25 Å². The lowest BCUT2D eigenvalue weighted by atomic mass is 10.1. The second kappa shape index (κ2) is 8.06. The van der Waals surface area contributed by atoms with Crippen molar-refractivity contribution >= 4 is 38.8 Å². The van der Waals surface area contributed by atoms with E-state index in [0.717, 1.165) is 34.6 Å². The molecule has 1 aromatic rings. The van der Waals surface area contributed by atoms with Gasteiger partial charge in [0.05, 0.1) is 23.9 Å². The molecule has 5 nitrogen and oxygen atoms in total. The number of benzene rings is 1. The van der Waals surface area contributed by atoms with Gasteiger partial charge in [-0.05, 0) is 40.4 Å². The first-order valence-electron chi connectivity index (χ1n) is 7.44. The van der Waals surface area contributed by atoms with E-state index in [9.17, 15) is 9.59 Å². The number of carbonyl (C=O) groups excluding carboxylic acids is 2. The molecule has 2 rings (SSSR count). The fraction of sp³-hybridized carbons (Fsp3) is 0.500. The van der Waals surface area contributed by atoms with Crippen LogP contribution in [0, 0.1) is 0 Å². The van der Waals surface area contributed by atoms with E-state index in [1.165, 1.54) is 4.90 Å². The zero-order valence-corrected chi connectivity index (χ0v) is 15.8. The first-order chi connectivity index (χ1) is 11.0. The van der Waals surface area contributed by atoms with Crippen LogP contribution in [0.25, 0.3) is 0 Å². The molecule has 2 amide bonds. The summed E-state index contributed by atoms with van der Waals surface area (Å²) in [6, 6.07) is 3.66. The number of unbranched alkanes of at least 4 members (excludes halogenated alkanes) is 1. The van der Waals surface area contributed by atoms with Crippen LogP contribution in [0.4, 0.5) is 4.79 Å². The van der Waals surface area contributed by atoms with Crippen molar-refractivity contribution in [3.63, 3.8) is 0 Å². The molecule has 1 heterocycles. The van der Waals surface area contributed by atoms with Gasteiger partial charge in [-0.3, -0.25) is 14.5 Å². The van der Waals surface area contributed by atoms with Crippen LogP contribution in [-0.2, 0) is 11.2 Å². The Morgan fingerprint density at radius 1 is 1.22 bits per heavy atom. The summed E-state index contributed by atoms with van der Waals surface area (Å²) in [6.45, 7) is 2.54. The van der Waals surface area contributed by atoms with Crippen molar-refractivity contribution < 1.29 is 19.1 Å². The van der Waals surface area contributed by atoms with Crippen LogP contribution in [-0.4, -0.2) is 42.1 Å². The third-order valence-corrected chi connectivity index (χ3v) is 5.39. The van der Waals surface area contributed by atoms with Crippen LogP contribution in [0.15, 0.2) is 16.6 Å². The number of hydrogen-bond acceptors (Lipinski definition) is 5. The lowest BCUT2D eigenvalue weighted by Gasteiger charge is -2.15. The Hall–Kier alpha value is -1.21. The summed E-state index contributed by atoms with van der Waals surface area (Å²) < 4.78 is 11.4. The average Bonchev–Trinajstić information content (AvgIpc) is 2.79. The Bertz CT molecular complexity index is 608. The maximum absolute atomic E-state index is 12.4. The standard InChI is InChI=1S/C16H20BrNO4S/c1-4-5-6-18-15(19)14(23-16(18)20)8-10-7-11(17)13(22-3)9-12(10)21-2/h7,9,14H,4-6,8H2,1-3H3/t14-/m0/s1. The summed E-state index contributed by atoms with van der Waals surface area (Å²) in [4.78, 5) is 25.8. The van der Waals surface area contributed by atoms with E-state index >= 15 is 0 Å². The summed E-state index contributed by atoms with van der Waals surface area (Å²) in [5, 5.41) is -0.548. The normalized spacial score (nSPS) is 17.7. The summed E-state index contributed by atoms with van der Waals surface area (Å²) >= 11 is 4.54. The second-order valence-electron chi connectivity index (χ2n) is 5.22. The lowest BCUT2D eigenvalue weighted by molar-refractivity contribution is -0.126. The topological polar surface area (TPSA) is 55.8 Å². The minimum atomic E-state index is -0.395. The van der Waals surface area contributed by atoms with Crippen molar-refractivity contribution in [2.24, 2.45) is 0 Å². The van der Waals surface area contributed by atoms with Gasteiger partial charge in [-0.15, -0.1) is 0 Å². The number of thioether (sulfide) groups is 1. The average molecular weight is 402 g/mol. The van der Waals surface area contributed by atoms with Crippen molar-refractivity contribution in [3.05, 3.63) is 22.2 Å². The molecule has 0 bridgehead atoms. The molecule has 126 valence electrons. The molecular formula is C16H20BrNO4S. The summed E-state index contributed by atoms with van der Waals surface area (Å²) in [7, 11) is 3.16. The van der Waals surface area contributed by atoms with E-state index in [-0.39, 0.29) is 11.1 Å². The molecule has 0 radical (unpaired) electrons. The molecule has 7 heteroatoms. The van der Waals surface area contributed by atoms with Gasteiger partial charge in [-0.2, -0.15) is 0 Å². The van der Waals surface area contributed by atoms with Crippen molar-refractivity contribution in [2.45, 2.75) is 31.4 Å². The molecule has 1 atom stereocenters. The zero-order chi connectivity index (χ0) is 17.0. The van der Waals surface area contributed by atoms with Crippen molar-refractivity contribution in [3.8, 4) is 11.5 Å². The highest BCUT2D eigenvalue weighted by molar-refractivity contribution is 9.10. The van der Waals surface area contributed by atoms with Crippen LogP contribution in [0.2, 0.25) is 0 Å². The molecule has 1 aromatic carbocycles. The predicted molar refractivity (Wildman–Crippen MR) is 94.3 cm³/mol. The van der Waals surface area contributed by atoms with Crippen molar-refractivity contribution in [1.82, 2.24) is 4.90 Å². The maximum Gasteiger partial charge on any atom is 0.289 e. The van der Waals surface area contributed by atoms with Crippen LogP contribution >= 0.6 is 27.7 Å². The van der Waals surface area contributed by atoms with Crippen LogP contribution < -0.4 is 9.47 Å². The molecule has 23 heavy (non-hydrogen) atoms. The summed E-state index contributed by atoms with van der Waals surface area (Å²) in [5.74, 6) is 1.21. The van der Waals surface area contributed by atoms with E-state index in [4.69, 9.17) is 9.47 Å². The minimum absolute atomic E-state index is 0.109. The summed E-state index contributed by atoms with van der Waals surface area (Å²) in [5.41, 5.74) is 0.871. The largest absolute Gasteiger partial charge is 0.496 e. The number of methoxy groups -OCH3 is 2. The smallest absolute Gasteiger partial charge is 0.289 e. The maximum atomic E-state index is 12.4. The Morgan fingerprint density at radius 2 is 1.91 bits per heavy atom. The molecule has 0 N–H and O–H groups in total. The van der Waals surface area contributed by atoms with Gasteiger partial charge in [0.25, 0.3) is 5.24 Å². The third kappa shape index (κ3) is 4.01. The highest BCUT2D eigenvalue weighted by Gasteiger charge is 2.39. The third-order valence-electron chi connectivity index (χ3n) is 3.70. The number of nitrogens with zero attached hydrogens (tertiary/aromatic N) is 1. The van der Waals surface area contributed by atoms with Gasteiger partial charge in [0.15, 0.2) is 0 Å². The molecule has 1 saturated heterocycles. The number of imide groups is 1. The zero-order valence-electron chi connectivity index (χ0n) is 13.4. The number of amides is 2. The van der Waals surface area contributed by atoms with Gasteiger partial charge in [0.1, 0.15) is 11.5 Å². The van der Waals surface area contributed by atoms with Crippen molar-refractivity contribution in [2.75, 3.05) is 20.8 Å².